The summed E-state index contributed by atoms with van der Waals surface area (Å²) in [6, 6.07) is 21.9. The van der Waals surface area contributed by atoms with Crippen molar-refractivity contribution >= 4 is 41.0 Å². The molecule has 3 aromatic carbocycles. The zero-order valence-corrected chi connectivity index (χ0v) is 24.3. The summed E-state index contributed by atoms with van der Waals surface area (Å²) in [4.78, 5) is 36.2. The molecule has 10 nitrogen and oxygen atoms in total. The van der Waals surface area contributed by atoms with Gasteiger partial charge >= 0.3 is 12.0 Å². The van der Waals surface area contributed by atoms with Gasteiger partial charge in [0.15, 0.2) is 6.29 Å². The van der Waals surface area contributed by atoms with E-state index >= 15 is 0 Å². The first kappa shape index (κ1) is 31.0. The second kappa shape index (κ2) is 15.4. The number of hydrogen-bond acceptors (Lipinski definition) is 8. The number of amides is 3. The molecule has 0 saturated carbocycles. The molecule has 3 aromatic rings. The van der Waals surface area contributed by atoms with Crippen molar-refractivity contribution in [1.29, 1.82) is 0 Å². The van der Waals surface area contributed by atoms with Crippen molar-refractivity contribution in [3.8, 4) is 0 Å². The lowest BCUT2D eigenvalue weighted by Crippen LogP contribution is -2.34. The van der Waals surface area contributed by atoms with E-state index in [1.807, 2.05) is 54.6 Å². The highest BCUT2D eigenvalue weighted by Crippen LogP contribution is 2.40. The molecule has 0 unspecified atom stereocenters. The van der Waals surface area contributed by atoms with E-state index in [9.17, 15) is 19.5 Å². The number of aliphatic hydroxyl groups excluding tert-OH is 1. The molecule has 3 atom stereocenters. The highest BCUT2D eigenvalue weighted by molar-refractivity contribution is 7.99. The topological polar surface area (TPSA) is 135 Å². The number of esters is 1. The summed E-state index contributed by atoms with van der Waals surface area (Å²) < 4.78 is 17.6. The quantitative estimate of drug-likeness (QED) is 0.177. The Bertz CT molecular complexity index is 1350. The molecule has 0 aliphatic carbocycles. The van der Waals surface area contributed by atoms with Crippen LogP contribution in [0.25, 0.3) is 0 Å². The lowest BCUT2D eigenvalue weighted by molar-refractivity contribution is -0.245. The first-order valence-electron chi connectivity index (χ1n) is 13.6. The number of hydrogen-bond donors (Lipinski definition) is 4. The first-order valence-corrected chi connectivity index (χ1v) is 14.6. The Morgan fingerprint density at radius 3 is 2.40 bits per heavy atom. The van der Waals surface area contributed by atoms with Gasteiger partial charge in [0.25, 0.3) is 0 Å². The molecule has 1 heterocycles. The number of urea groups is 1. The van der Waals surface area contributed by atoms with Crippen LogP contribution in [0, 0.1) is 0 Å². The Kier molecular flexibility index (Phi) is 11.4. The molecule has 4 N–H and O–H groups in total. The number of thioether (sulfide) groups is 1. The fourth-order valence-corrected chi connectivity index (χ4v) is 5.27. The van der Waals surface area contributed by atoms with Crippen molar-refractivity contribution in [3.63, 3.8) is 0 Å². The molecule has 0 aromatic heterocycles. The minimum absolute atomic E-state index is 0.0370. The van der Waals surface area contributed by atoms with Crippen LogP contribution in [0.2, 0.25) is 0 Å². The van der Waals surface area contributed by atoms with Crippen molar-refractivity contribution in [2.24, 2.45) is 0 Å². The largest absolute Gasteiger partial charge is 0.465 e. The van der Waals surface area contributed by atoms with Crippen LogP contribution in [0.4, 0.5) is 16.2 Å². The zero-order chi connectivity index (χ0) is 29.9. The van der Waals surface area contributed by atoms with Gasteiger partial charge in [-0.05, 0) is 54.4 Å². The van der Waals surface area contributed by atoms with Crippen LogP contribution in [0.1, 0.15) is 49.4 Å². The van der Waals surface area contributed by atoms with Crippen molar-refractivity contribution in [3.05, 3.63) is 89.5 Å². The van der Waals surface area contributed by atoms with E-state index in [-0.39, 0.29) is 37.9 Å². The second-order valence-corrected chi connectivity index (χ2v) is 10.7. The van der Waals surface area contributed by atoms with Crippen LogP contribution in [0.15, 0.2) is 77.7 Å². The molecule has 4 rings (SSSR count). The summed E-state index contributed by atoms with van der Waals surface area (Å²) in [5.41, 5.74) is 3.77. The van der Waals surface area contributed by atoms with Gasteiger partial charge < -0.3 is 35.3 Å². The minimum Gasteiger partial charge on any atom is -0.465 e. The zero-order valence-electron chi connectivity index (χ0n) is 23.5. The summed E-state index contributed by atoms with van der Waals surface area (Å²) in [5.74, 6) is 0.0291. The molecule has 0 spiro atoms. The maximum Gasteiger partial charge on any atom is 0.325 e. The standard InChI is InChI=1S/C31H35N3O7S/c1-3-39-29(37)17-32-31(38)34-25-6-4-5-23(15-25)30-40-26(16-28(41-30)22-9-7-21(18-35)8-10-22)19-42-27-13-11-24(12-14-27)33-20(2)36/h4-15,26,28,30,35H,3,16-19H2,1-2H3,(H,33,36)(H2,32,34,38)/t26-,28+,30+/m0/s1. The molecule has 0 bridgehead atoms. The number of carbonyl (C=O) groups is 3. The van der Waals surface area contributed by atoms with Crippen molar-refractivity contribution in [2.45, 2.75) is 50.3 Å². The average Bonchev–Trinajstić information content (AvgIpc) is 2.99. The van der Waals surface area contributed by atoms with Gasteiger partial charge in [0.2, 0.25) is 5.91 Å². The predicted molar refractivity (Wildman–Crippen MR) is 160 cm³/mol. The third kappa shape index (κ3) is 9.31. The van der Waals surface area contributed by atoms with Crippen molar-refractivity contribution in [1.82, 2.24) is 5.32 Å². The Morgan fingerprint density at radius 1 is 0.952 bits per heavy atom. The molecule has 42 heavy (non-hydrogen) atoms. The molecular formula is C31H35N3O7S. The Labute approximate surface area is 249 Å². The highest BCUT2D eigenvalue weighted by atomic mass is 32.2. The Morgan fingerprint density at radius 2 is 1.71 bits per heavy atom. The maximum absolute atomic E-state index is 12.3. The van der Waals surface area contributed by atoms with Gasteiger partial charge in [-0.2, -0.15) is 0 Å². The summed E-state index contributed by atoms with van der Waals surface area (Å²) in [7, 11) is 0. The molecule has 1 saturated heterocycles. The summed E-state index contributed by atoms with van der Waals surface area (Å²) in [5, 5.41) is 17.4. The van der Waals surface area contributed by atoms with E-state index in [1.165, 1.54) is 6.92 Å². The van der Waals surface area contributed by atoms with E-state index in [2.05, 4.69) is 16.0 Å². The van der Waals surface area contributed by atoms with E-state index in [0.29, 0.717) is 17.9 Å². The second-order valence-electron chi connectivity index (χ2n) is 9.60. The smallest absolute Gasteiger partial charge is 0.325 e. The lowest BCUT2D eigenvalue weighted by Gasteiger charge is -2.36. The molecular weight excluding hydrogens is 558 g/mol. The SMILES string of the molecule is CCOC(=O)CNC(=O)Nc1cccc([C@@H]2O[C@H](CSc3ccc(NC(C)=O)cc3)C[C@H](c3ccc(CO)cc3)O2)c1. The normalized spacial score (nSPS) is 18.1. The van der Waals surface area contributed by atoms with Gasteiger partial charge in [-0.1, -0.05) is 36.4 Å². The molecule has 3 amide bonds. The van der Waals surface area contributed by atoms with Gasteiger partial charge in [-0.25, -0.2) is 4.79 Å². The van der Waals surface area contributed by atoms with Gasteiger partial charge in [0.1, 0.15) is 6.54 Å². The van der Waals surface area contributed by atoms with Crippen LogP contribution in [0.5, 0.6) is 0 Å². The van der Waals surface area contributed by atoms with Crippen LogP contribution < -0.4 is 16.0 Å². The van der Waals surface area contributed by atoms with Crippen LogP contribution in [-0.2, 0) is 30.4 Å². The Balaban J connectivity index is 1.46. The lowest BCUT2D eigenvalue weighted by atomic mass is 10.0. The molecule has 1 fully saturated rings. The van der Waals surface area contributed by atoms with Gasteiger partial charge in [-0.3, -0.25) is 9.59 Å². The third-order valence-corrected chi connectivity index (χ3v) is 7.48. The van der Waals surface area contributed by atoms with Gasteiger partial charge in [0.05, 0.1) is 25.4 Å². The predicted octanol–water partition coefficient (Wildman–Crippen LogP) is 5.16. The molecule has 1 aliphatic rings. The van der Waals surface area contributed by atoms with Crippen LogP contribution in [0.3, 0.4) is 0 Å². The number of rotatable bonds is 11. The summed E-state index contributed by atoms with van der Waals surface area (Å²) in [6.45, 7) is 3.14. The number of anilines is 2. The van der Waals surface area contributed by atoms with Crippen molar-refractivity contribution in [2.75, 3.05) is 29.5 Å². The number of aliphatic hydroxyl groups is 1. The molecule has 1 aliphatic heterocycles. The molecule has 11 heteroatoms. The van der Waals surface area contributed by atoms with Crippen LogP contribution >= 0.6 is 11.8 Å². The average molecular weight is 594 g/mol. The fourth-order valence-electron chi connectivity index (χ4n) is 4.35. The number of nitrogens with one attached hydrogen (secondary N) is 3. The summed E-state index contributed by atoms with van der Waals surface area (Å²) in [6.07, 6.45) is -0.483. The van der Waals surface area contributed by atoms with E-state index in [4.69, 9.17) is 14.2 Å². The van der Waals surface area contributed by atoms with E-state index in [0.717, 1.165) is 27.3 Å². The third-order valence-electron chi connectivity index (χ3n) is 6.34. The van der Waals surface area contributed by atoms with Gasteiger partial charge in [-0.15, -0.1) is 11.8 Å². The fraction of sp³-hybridized carbons (Fsp3) is 0.323. The summed E-state index contributed by atoms with van der Waals surface area (Å²) >= 11 is 1.65. The minimum atomic E-state index is -0.696. The maximum atomic E-state index is 12.3. The van der Waals surface area contributed by atoms with E-state index < -0.39 is 18.3 Å². The van der Waals surface area contributed by atoms with Crippen LogP contribution in [-0.4, -0.2) is 48.0 Å². The molecule has 222 valence electrons. The van der Waals surface area contributed by atoms with Crippen molar-refractivity contribution < 1.29 is 33.7 Å². The monoisotopic (exact) mass is 593 g/mol. The number of benzene rings is 3. The van der Waals surface area contributed by atoms with E-state index in [1.54, 1.807) is 36.9 Å². The number of carbonyl (C=O) groups excluding carboxylic acids is 3. The number of ether oxygens (including phenoxy) is 3. The first-order chi connectivity index (χ1) is 20.3. The van der Waals surface area contributed by atoms with Gasteiger partial charge in [0, 0.05) is 40.9 Å². The Hall–Kier alpha value is -3.90. The highest BCUT2D eigenvalue weighted by Gasteiger charge is 2.32. The molecule has 0 radical (unpaired) electrons.